The van der Waals surface area contributed by atoms with E-state index in [1.807, 2.05) is 0 Å². The Kier molecular flexibility index (Phi) is 6.32. The number of thiophene rings is 1. The summed E-state index contributed by atoms with van der Waals surface area (Å²) in [6.45, 7) is 1.62. The highest BCUT2D eigenvalue weighted by molar-refractivity contribution is 9.11. The molecule has 0 unspecified atom stereocenters. The fourth-order valence-electron chi connectivity index (χ4n) is 1.55. The van der Waals surface area contributed by atoms with Crippen molar-refractivity contribution in [2.75, 3.05) is 7.11 Å². The number of sulfonamides is 1. The average Bonchev–Trinajstić information content (AvgIpc) is 2.73. The zero-order chi connectivity index (χ0) is 16.2. The molecule has 1 aromatic rings. The third kappa shape index (κ3) is 5.06. The SMILES string of the molecule is COC(=O)CC[C@H](NS(=O)(=O)c1cc(Br)sc1C)C(=O)O. The summed E-state index contributed by atoms with van der Waals surface area (Å²) in [6.07, 6.45) is -0.381. The number of carboxylic acids is 1. The molecule has 118 valence electrons. The lowest BCUT2D eigenvalue weighted by Gasteiger charge is -2.14. The lowest BCUT2D eigenvalue weighted by atomic mass is 10.2. The van der Waals surface area contributed by atoms with Crippen LogP contribution in [-0.4, -0.2) is 38.6 Å². The number of ether oxygens (including phenoxy) is 1. The molecule has 0 bridgehead atoms. The van der Waals surface area contributed by atoms with Gasteiger partial charge >= 0.3 is 11.9 Å². The second-order valence-corrected chi connectivity index (χ2v) is 8.42. The van der Waals surface area contributed by atoms with Gasteiger partial charge in [0.2, 0.25) is 10.0 Å². The van der Waals surface area contributed by atoms with E-state index in [1.165, 1.54) is 24.5 Å². The standard InChI is InChI=1S/C11H14BrNO6S2/c1-6-8(5-9(12)20-6)21(17,18)13-7(11(15)16)3-4-10(14)19-2/h5,7,13H,3-4H2,1-2H3,(H,15,16)/t7-/m0/s1. The predicted molar refractivity (Wildman–Crippen MR) is 79.8 cm³/mol. The molecule has 0 aliphatic heterocycles. The summed E-state index contributed by atoms with van der Waals surface area (Å²) in [5.41, 5.74) is 0. The number of methoxy groups -OCH3 is 1. The minimum Gasteiger partial charge on any atom is -0.480 e. The molecule has 0 radical (unpaired) electrons. The molecule has 1 heterocycles. The van der Waals surface area contributed by atoms with Crippen molar-refractivity contribution >= 4 is 49.2 Å². The molecule has 1 aromatic heterocycles. The molecule has 21 heavy (non-hydrogen) atoms. The van der Waals surface area contributed by atoms with Crippen molar-refractivity contribution in [1.82, 2.24) is 4.72 Å². The van der Waals surface area contributed by atoms with Crippen LogP contribution in [0.15, 0.2) is 14.7 Å². The molecule has 0 amide bonds. The number of hydrogen-bond donors (Lipinski definition) is 2. The van der Waals surface area contributed by atoms with E-state index in [2.05, 4.69) is 25.4 Å². The summed E-state index contributed by atoms with van der Waals surface area (Å²) in [7, 11) is -2.80. The smallest absolute Gasteiger partial charge is 0.321 e. The normalized spacial score (nSPS) is 12.9. The number of halogens is 1. The highest BCUT2D eigenvalue weighted by Gasteiger charge is 2.28. The summed E-state index contributed by atoms with van der Waals surface area (Å²) in [5.74, 6) is -1.95. The summed E-state index contributed by atoms with van der Waals surface area (Å²) in [6, 6.07) is 0.00818. The molecule has 0 saturated heterocycles. The molecule has 2 N–H and O–H groups in total. The maximum absolute atomic E-state index is 12.2. The number of carboxylic acid groups (broad SMARTS) is 1. The fraction of sp³-hybridized carbons (Fsp3) is 0.455. The monoisotopic (exact) mass is 399 g/mol. The number of carbonyl (C=O) groups excluding carboxylic acids is 1. The van der Waals surface area contributed by atoms with Crippen LogP contribution in [0, 0.1) is 6.92 Å². The lowest BCUT2D eigenvalue weighted by Crippen LogP contribution is -2.41. The van der Waals surface area contributed by atoms with Gasteiger partial charge in [-0.05, 0) is 35.3 Å². The van der Waals surface area contributed by atoms with Gasteiger partial charge in [0.25, 0.3) is 0 Å². The first-order valence-corrected chi connectivity index (χ1v) is 8.84. The van der Waals surface area contributed by atoms with E-state index in [0.717, 1.165) is 0 Å². The van der Waals surface area contributed by atoms with Crippen molar-refractivity contribution in [3.8, 4) is 0 Å². The van der Waals surface area contributed by atoms with Crippen molar-refractivity contribution in [3.05, 3.63) is 14.7 Å². The first kappa shape index (κ1) is 18.1. The van der Waals surface area contributed by atoms with E-state index in [9.17, 15) is 18.0 Å². The highest BCUT2D eigenvalue weighted by Crippen LogP contribution is 2.29. The van der Waals surface area contributed by atoms with Crippen LogP contribution in [0.2, 0.25) is 0 Å². The molecule has 0 saturated carbocycles. The van der Waals surface area contributed by atoms with E-state index in [4.69, 9.17) is 5.11 Å². The van der Waals surface area contributed by atoms with Gasteiger partial charge in [-0.25, -0.2) is 8.42 Å². The molecule has 0 aliphatic carbocycles. The Morgan fingerprint density at radius 2 is 2.14 bits per heavy atom. The van der Waals surface area contributed by atoms with Gasteiger partial charge in [-0.1, -0.05) is 0 Å². The van der Waals surface area contributed by atoms with E-state index < -0.39 is 28.0 Å². The minimum atomic E-state index is -3.97. The number of esters is 1. The number of aryl methyl sites for hydroxylation is 1. The minimum absolute atomic E-state index is 0.0173. The number of aliphatic carboxylic acids is 1. The van der Waals surface area contributed by atoms with Crippen LogP contribution in [0.3, 0.4) is 0 Å². The number of rotatable bonds is 7. The lowest BCUT2D eigenvalue weighted by molar-refractivity contribution is -0.142. The summed E-state index contributed by atoms with van der Waals surface area (Å²) in [4.78, 5) is 22.7. The predicted octanol–water partition coefficient (Wildman–Crippen LogP) is 1.50. The molecule has 0 aliphatic rings. The van der Waals surface area contributed by atoms with Crippen molar-refractivity contribution < 1.29 is 27.9 Å². The molecular formula is C11H14BrNO6S2. The van der Waals surface area contributed by atoms with Crippen molar-refractivity contribution in [2.24, 2.45) is 0 Å². The van der Waals surface area contributed by atoms with Crippen LogP contribution in [0.1, 0.15) is 17.7 Å². The van der Waals surface area contributed by atoms with Crippen LogP contribution in [0.4, 0.5) is 0 Å². The topological polar surface area (TPSA) is 110 Å². The van der Waals surface area contributed by atoms with Gasteiger partial charge in [0.1, 0.15) is 6.04 Å². The van der Waals surface area contributed by atoms with Gasteiger partial charge in [-0.3, -0.25) is 9.59 Å². The Labute approximate surface area is 134 Å². The fourth-order valence-corrected chi connectivity index (χ4v) is 5.18. The number of carbonyl (C=O) groups is 2. The molecular weight excluding hydrogens is 386 g/mol. The molecule has 0 aromatic carbocycles. The van der Waals surface area contributed by atoms with Crippen LogP contribution in [0.5, 0.6) is 0 Å². The largest absolute Gasteiger partial charge is 0.480 e. The van der Waals surface area contributed by atoms with Crippen LogP contribution < -0.4 is 4.72 Å². The van der Waals surface area contributed by atoms with Crippen molar-refractivity contribution in [1.29, 1.82) is 0 Å². The van der Waals surface area contributed by atoms with Gasteiger partial charge in [-0.2, -0.15) is 4.72 Å². The average molecular weight is 400 g/mol. The third-order valence-corrected chi connectivity index (χ3v) is 5.87. The van der Waals surface area contributed by atoms with Crippen LogP contribution >= 0.6 is 27.3 Å². The Hall–Kier alpha value is -0.970. The summed E-state index contributed by atoms with van der Waals surface area (Å²) < 4.78 is 31.5. The number of nitrogens with one attached hydrogen (secondary N) is 1. The second-order valence-electron chi connectivity index (χ2n) is 4.10. The zero-order valence-electron chi connectivity index (χ0n) is 11.3. The van der Waals surface area contributed by atoms with Gasteiger partial charge in [-0.15, -0.1) is 11.3 Å². The molecule has 1 rings (SSSR count). The van der Waals surface area contributed by atoms with Crippen molar-refractivity contribution in [3.63, 3.8) is 0 Å². The van der Waals surface area contributed by atoms with Gasteiger partial charge in [0.15, 0.2) is 0 Å². The second kappa shape index (κ2) is 7.34. The molecule has 10 heteroatoms. The quantitative estimate of drug-likeness (QED) is 0.672. The molecule has 0 fully saturated rings. The molecule has 0 spiro atoms. The van der Waals surface area contributed by atoms with E-state index >= 15 is 0 Å². The summed E-state index contributed by atoms with van der Waals surface area (Å²) >= 11 is 4.41. The van der Waals surface area contributed by atoms with Gasteiger partial charge < -0.3 is 9.84 Å². The third-order valence-electron chi connectivity index (χ3n) is 2.59. The Bertz CT molecular complexity index is 639. The Morgan fingerprint density at radius 1 is 1.52 bits per heavy atom. The molecule has 1 atom stereocenters. The maximum Gasteiger partial charge on any atom is 0.321 e. The number of hydrogen-bond acceptors (Lipinski definition) is 6. The van der Waals surface area contributed by atoms with E-state index in [1.54, 1.807) is 6.92 Å². The van der Waals surface area contributed by atoms with Gasteiger partial charge in [0.05, 0.1) is 15.8 Å². The summed E-state index contributed by atoms with van der Waals surface area (Å²) in [5, 5.41) is 9.06. The molecule has 7 nitrogen and oxygen atoms in total. The van der Waals surface area contributed by atoms with Crippen LogP contribution in [-0.2, 0) is 24.3 Å². The first-order valence-electron chi connectivity index (χ1n) is 5.75. The first-order chi connectivity index (χ1) is 9.67. The van der Waals surface area contributed by atoms with Crippen molar-refractivity contribution in [2.45, 2.75) is 30.7 Å². The Balaban J connectivity index is 2.90. The maximum atomic E-state index is 12.2. The Morgan fingerprint density at radius 3 is 2.57 bits per heavy atom. The van der Waals surface area contributed by atoms with E-state index in [-0.39, 0.29) is 17.7 Å². The van der Waals surface area contributed by atoms with Gasteiger partial charge in [0, 0.05) is 11.3 Å². The highest BCUT2D eigenvalue weighted by atomic mass is 79.9. The van der Waals surface area contributed by atoms with E-state index in [0.29, 0.717) is 8.66 Å². The zero-order valence-corrected chi connectivity index (χ0v) is 14.5. The van der Waals surface area contributed by atoms with Crippen LogP contribution in [0.25, 0.3) is 0 Å².